The summed E-state index contributed by atoms with van der Waals surface area (Å²) in [5.41, 5.74) is 0.467. The summed E-state index contributed by atoms with van der Waals surface area (Å²) in [5.74, 6) is -0.0239. The third-order valence-corrected chi connectivity index (χ3v) is 6.59. The second kappa shape index (κ2) is 7.07. The Kier molecular flexibility index (Phi) is 5.26. The first-order valence-corrected chi connectivity index (χ1v) is 11.0. The highest BCUT2D eigenvalue weighted by molar-refractivity contribution is 7.91. The summed E-state index contributed by atoms with van der Waals surface area (Å²) in [5, 5.41) is 7.64. The van der Waals surface area contributed by atoms with Gasteiger partial charge in [-0.15, -0.1) is 0 Å². The fraction of sp³-hybridized carbons (Fsp3) is 0.471. The van der Waals surface area contributed by atoms with Crippen LogP contribution < -0.4 is 5.32 Å². The molecule has 0 saturated carbocycles. The molecule has 10 heteroatoms. The number of rotatable bonds is 3. The van der Waals surface area contributed by atoms with Gasteiger partial charge in [0.05, 0.1) is 28.3 Å². The minimum atomic E-state index is -3.10. The molecule has 2 aromatic heterocycles. The number of sulfone groups is 1. The predicted molar refractivity (Wildman–Crippen MR) is 105 cm³/mol. The zero-order valence-corrected chi connectivity index (χ0v) is 17.5. The topological polar surface area (TPSA) is 94.0 Å². The van der Waals surface area contributed by atoms with E-state index in [4.69, 9.17) is 23.2 Å². The summed E-state index contributed by atoms with van der Waals surface area (Å²) in [7, 11) is -3.10. The monoisotopic (exact) mass is 430 g/mol. The Balaban J connectivity index is 1.97. The van der Waals surface area contributed by atoms with Crippen molar-refractivity contribution in [1.29, 1.82) is 0 Å². The molecule has 27 heavy (non-hydrogen) atoms. The van der Waals surface area contributed by atoms with Gasteiger partial charge in [0.15, 0.2) is 9.84 Å². The molecule has 3 heterocycles. The molecule has 1 aliphatic rings. The normalized spacial score (nSPS) is 19.2. The lowest BCUT2D eigenvalue weighted by Gasteiger charge is -2.15. The summed E-state index contributed by atoms with van der Waals surface area (Å²) in [4.78, 5) is 16.6. The fourth-order valence-corrected chi connectivity index (χ4v) is 4.88. The van der Waals surface area contributed by atoms with Crippen LogP contribution in [0.25, 0.3) is 0 Å². The molecule has 0 radical (unpaired) electrons. The number of halogens is 2. The molecule has 0 aromatic carbocycles. The Morgan fingerprint density at radius 1 is 1.30 bits per heavy atom. The van der Waals surface area contributed by atoms with Crippen LogP contribution in [0.3, 0.4) is 0 Å². The number of nitrogens with one attached hydrogen (secondary N) is 1. The van der Waals surface area contributed by atoms with Crippen LogP contribution in [-0.4, -0.2) is 40.6 Å². The fourth-order valence-electron chi connectivity index (χ4n) is 2.85. The maximum Gasteiger partial charge on any atom is 0.277 e. The second-order valence-corrected chi connectivity index (χ2v) is 10.6. The summed E-state index contributed by atoms with van der Waals surface area (Å²) in [6.45, 7) is 5.98. The molecular weight excluding hydrogens is 411 g/mol. The van der Waals surface area contributed by atoms with E-state index in [1.54, 1.807) is 10.7 Å². The van der Waals surface area contributed by atoms with Crippen LogP contribution in [0.15, 0.2) is 18.2 Å². The quantitative estimate of drug-likeness (QED) is 0.751. The number of anilines is 1. The van der Waals surface area contributed by atoms with Crippen molar-refractivity contribution in [2.24, 2.45) is 0 Å². The molecule has 0 unspecified atom stereocenters. The molecule has 1 aliphatic heterocycles. The van der Waals surface area contributed by atoms with Crippen molar-refractivity contribution in [3.63, 3.8) is 0 Å². The molecule has 3 rings (SSSR count). The number of amides is 1. The van der Waals surface area contributed by atoms with E-state index in [0.29, 0.717) is 12.2 Å². The third kappa shape index (κ3) is 4.44. The lowest BCUT2D eigenvalue weighted by molar-refractivity contribution is 0.102. The van der Waals surface area contributed by atoms with Crippen LogP contribution in [0.5, 0.6) is 0 Å². The van der Waals surface area contributed by atoms with Crippen LogP contribution in [0.2, 0.25) is 10.2 Å². The van der Waals surface area contributed by atoms with Crippen LogP contribution >= 0.6 is 23.2 Å². The third-order valence-electron chi connectivity index (χ3n) is 4.33. The van der Waals surface area contributed by atoms with Gasteiger partial charge in [-0.2, -0.15) is 5.10 Å². The summed E-state index contributed by atoms with van der Waals surface area (Å²) >= 11 is 11.9. The van der Waals surface area contributed by atoms with Crippen LogP contribution in [0.1, 0.15) is 49.4 Å². The molecule has 0 spiro atoms. The molecule has 0 aliphatic carbocycles. The van der Waals surface area contributed by atoms with Crippen molar-refractivity contribution >= 4 is 44.8 Å². The van der Waals surface area contributed by atoms with Gasteiger partial charge in [-0.25, -0.2) is 18.1 Å². The maximum atomic E-state index is 12.7. The van der Waals surface area contributed by atoms with E-state index in [1.807, 2.05) is 20.8 Å². The standard InChI is InChI=1S/C17H20Cl2N4O3S/c1-17(2,3)12-8-14(23(22-12)10-6-7-27(25,26)9-10)21-16(24)15-11(18)4-5-13(19)20-15/h4-5,8,10H,6-7,9H2,1-3H3,(H,21,24)/t10-/m0/s1. The predicted octanol–water partition coefficient (Wildman–Crippen LogP) is 3.49. The Morgan fingerprint density at radius 3 is 2.59 bits per heavy atom. The zero-order valence-electron chi connectivity index (χ0n) is 15.2. The molecule has 2 aromatic rings. The van der Waals surface area contributed by atoms with Crippen molar-refractivity contribution in [2.45, 2.75) is 38.6 Å². The van der Waals surface area contributed by atoms with Crippen molar-refractivity contribution in [3.8, 4) is 0 Å². The lowest BCUT2D eigenvalue weighted by atomic mass is 9.92. The van der Waals surface area contributed by atoms with Crippen molar-refractivity contribution in [1.82, 2.24) is 14.8 Å². The number of carbonyl (C=O) groups excluding carboxylic acids is 1. The second-order valence-electron chi connectivity index (χ2n) is 7.58. The number of pyridine rings is 1. The molecule has 1 N–H and O–H groups in total. The van der Waals surface area contributed by atoms with Gasteiger partial charge in [0.2, 0.25) is 0 Å². The molecule has 7 nitrogen and oxygen atoms in total. The van der Waals surface area contributed by atoms with Crippen molar-refractivity contribution in [2.75, 3.05) is 16.8 Å². The highest BCUT2D eigenvalue weighted by Crippen LogP contribution is 2.31. The number of aromatic nitrogens is 3. The van der Waals surface area contributed by atoms with Gasteiger partial charge in [-0.1, -0.05) is 44.0 Å². The highest BCUT2D eigenvalue weighted by Gasteiger charge is 2.33. The summed E-state index contributed by atoms with van der Waals surface area (Å²) in [6.07, 6.45) is 0.451. The molecular formula is C17H20Cl2N4O3S. The average molecular weight is 431 g/mol. The van der Waals surface area contributed by atoms with Gasteiger partial charge in [0, 0.05) is 11.5 Å². The smallest absolute Gasteiger partial charge is 0.277 e. The Labute approximate surface area is 168 Å². The molecule has 1 amide bonds. The van der Waals surface area contributed by atoms with E-state index in [1.165, 1.54) is 12.1 Å². The maximum absolute atomic E-state index is 12.7. The Hall–Kier alpha value is -1.64. The zero-order chi connectivity index (χ0) is 20.0. The SMILES string of the molecule is CC(C)(C)c1cc(NC(=O)c2nc(Cl)ccc2Cl)n([C@H]2CCS(=O)(=O)C2)n1. The van der Waals surface area contributed by atoms with E-state index in [2.05, 4.69) is 15.4 Å². The Bertz CT molecular complexity index is 996. The molecule has 1 atom stereocenters. The lowest BCUT2D eigenvalue weighted by Crippen LogP contribution is -2.21. The molecule has 146 valence electrons. The highest BCUT2D eigenvalue weighted by atomic mass is 35.5. The van der Waals surface area contributed by atoms with Gasteiger partial charge in [0.1, 0.15) is 16.7 Å². The van der Waals surface area contributed by atoms with Gasteiger partial charge in [-0.05, 0) is 18.6 Å². The number of carbonyl (C=O) groups is 1. The van der Waals surface area contributed by atoms with E-state index < -0.39 is 15.7 Å². The largest absolute Gasteiger partial charge is 0.305 e. The minimum Gasteiger partial charge on any atom is -0.305 e. The van der Waals surface area contributed by atoms with Crippen molar-refractivity contribution < 1.29 is 13.2 Å². The molecule has 1 saturated heterocycles. The minimum absolute atomic E-state index is 0.00267. The summed E-state index contributed by atoms with van der Waals surface area (Å²) in [6, 6.07) is 4.41. The first kappa shape index (κ1) is 20.1. The summed E-state index contributed by atoms with van der Waals surface area (Å²) < 4.78 is 25.4. The van der Waals surface area contributed by atoms with Gasteiger partial charge >= 0.3 is 0 Å². The van der Waals surface area contributed by atoms with Crippen LogP contribution in [0, 0.1) is 0 Å². The first-order valence-electron chi connectivity index (χ1n) is 8.40. The number of hydrogen-bond donors (Lipinski definition) is 1. The van der Waals surface area contributed by atoms with Crippen molar-refractivity contribution in [3.05, 3.63) is 39.8 Å². The number of nitrogens with zero attached hydrogens (tertiary/aromatic N) is 3. The number of hydrogen-bond acceptors (Lipinski definition) is 5. The molecule has 1 fully saturated rings. The van der Waals surface area contributed by atoms with E-state index in [9.17, 15) is 13.2 Å². The van der Waals surface area contributed by atoms with Gasteiger partial charge in [0.25, 0.3) is 5.91 Å². The van der Waals surface area contributed by atoms with Gasteiger partial charge in [-0.3, -0.25) is 4.79 Å². The van der Waals surface area contributed by atoms with E-state index in [-0.39, 0.29) is 38.8 Å². The van der Waals surface area contributed by atoms with E-state index >= 15 is 0 Å². The first-order chi connectivity index (χ1) is 12.5. The average Bonchev–Trinajstić information content (AvgIpc) is 3.12. The Morgan fingerprint density at radius 2 is 2.00 bits per heavy atom. The van der Waals surface area contributed by atoms with Gasteiger partial charge < -0.3 is 5.32 Å². The molecule has 0 bridgehead atoms. The van der Waals surface area contributed by atoms with Crippen LogP contribution in [0.4, 0.5) is 5.82 Å². The van der Waals surface area contributed by atoms with Crippen LogP contribution in [-0.2, 0) is 15.3 Å². The van der Waals surface area contributed by atoms with E-state index in [0.717, 1.165) is 5.69 Å².